The highest BCUT2D eigenvalue weighted by molar-refractivity contribution is 7.99. The number of ether oxygens (including phenoxy) is 1. The SMILES string of the molecule is COc1ccc(F)cc1C(=O)CSc1n[nH]c(-c2cccs2)n1. The standard InChI is InChI=1S/C15H12FN3O2S2/c1-21-12-5-4-9(16)7-10(12)11(20)8-23-15-17-14(18-19-15)13-3-2-6-22-13/h2-7H,8H2,1H3,(H,17,18,19). The molecule has 0 radical (unpaired) electrons. The van der Waals surface area contributed by atoms with Gasteiger partial charge in [-0.25, -0.2) is 9.37 Å². The molecule has 8 heteroatoms. The van der Waals surface area contributed by atoms with Gasteiger partial charge in [-0.1, -0.05) is 17.8 Å². The summed E-state index contributed by atoms with van der Waals surface area (Å²) in [6, 6.07) is 7.73. The molecule has 0 atom stereocenters. The summed E-state index contributed by atoms with van der Waals surface area (Å²) in [5, 5.41) is 9.33. The number of hydrogen-bond acceptors (Lipinski definition) is 6. The number of halogens is 1. The molecule has 0 fully saturated rings. The molecule has 0 aliphatic rings. The zero-order valence-electron chi connectivity index (χ0n) is 12.1. The Morgan fingerprint density at radius 2 is 2.30 bits per heavy atom. The molecule has 2 aromatic heterocycles. The number of aromatic nitrogens is 3. The van der Waals surface area contributed by atoms with Crippen LogP contribution < -0.4 is 4.74 Å². The summed E-state index contributed by atoms with van der Waals surface area (Å²) < 4.78 is 18.4. The summed E-state index contributed by atoms with van der Waals surface area (Å²) in [6.45, 7) is 0. The monoisotopic (exact) mass is 349 g/mol. The molecular weight excluding hydrogens is 337 g/mol. The van der Waals surface area contributed by atoms with Crippen LogP contribution in [-0.2, 0) is 0 Å². The number of aromatic amines is 1. The van der Waals surface area contributed by atoms with Crippen molar-refractivity contribution < 1.29 is 13.9 Å². The molecule has 2 heterocycles. The van der Waals surface area contributed by atoms with E-state index < -0.39 is 5.82 Å². The quantitative estimate of drug-likeness (QED) is 0.543. The number of nitrogens with zero attached hydrogens (tertiary/aromatic N) is 2. The van der Waals surface area contributed by atoms with Crippen LogP contribution in [0.4, 0.5) is 4.39 Å². The van der Waals surface area contributed by atoms with Crippen molar-refractivity contribution in [2.24, 2.45) is 0 Å². The minimum atomic E-state index is -0.475. The molecule has 23 heavy (non-hydrogen) atoms. The predicted molar refractivity (Wildman–Crippen MR) is 87.7 cm³/mol. The van der Waals surface area contributed by atoms with E-state index in [0.717, 1.165) is 4.88 Å². The maximum Gasteiger partial charge on any atom is 0.209 e. The fraction of sp³-hybridized carbons (Fsp3) is 0.133. The number of nitrogens with one attached hydrogen (secondary N) is 1. The van der Waals surface area contributed by atoms with E-state index in [1.54, 1.807) is 11.3 Å². The third kappa shape index (κ3) is 3.59. The second kappa shape index (κ2) is 6.93. The van der Waals surface area contributed by atoms with E-state index in [9.17, 15) is 9.18 Å². The predicted octanol–water partition coefficient (Wildman–Crippen LogP) is 3.66. The highest BCUT2D eigenvalue weighted by atomic mass is 32.2. The molecule has 0 amide bonds. The summed E-state index contributed by atoms with van der Waals surface area (Å²) in [7, 11) is 1.44. The van der Waals surface area contributed by atoms with E-state index in [1.165, 1.54) is 37.1 Å². The van der Waals surface area contributed by atoms with Crippen LogP contribution in [0.1, 0.15) is 10.4 Å². The van der Waals surface area contributed by atoms with Gasteiger partial charge in [-0.05, 0) is 29.6 Å². The maximum atomic E-state index is 13.3. The van der Waals surface area contributed by atoms with Gasteiger partial charge in [0.15, 0.2) is 11.6 Å². The van der Waals surface area contributed by atoms with Crippen LogP contribution in [0.5, 0.6) is 5.75 Å². The van der Waals surface area contributed by atoms with Crippen molar-refractivity contribution in [3.63, 3.8) is 0 Å². The van der Waals surface area contributed by atoms with Crippen molar-refractivity contribution in [2.75, 3.05) is 12.9 Å². The summed E-state index contributed by atoms with van der Waals surface area (Å²) in [5.74, 6) is 0.400. The molecule has 0 aliphatic carbocycles. The first-order valence-electron chi connectivity index (χ1n) is 6.63. The molecule has 0 saturated carbocycles. The number of hydrogen-bond donors (Lipinski definition) is 1. The van der Waals surface area contributed by atoms with Crippen molar-refractivity contribution >= 4 is 28.9 Å². The van der Waals surface area contributed by atoms with Gasteiger partial charge in [0.05, 0.1) is 23.3 Å². The van der Waals surface area contributed by atoms with E-state index in [0.29, 0.717) is 16.7 Å². The molecule has 0 saturated heterocycles. The maximum absolute atomic E-state index is 13.3. The Morgan fingerprint density at radius 1 is 1.43 bits per heavy atom. The van der Waals surface area contributed by atoms with E-state index in [-0.39, 0.29) is 17.1 Å². The van der Waals surface area contributed by atoms with Gasteiger partial charge in [-0.2, -0.15) is 0 Å². The molecule has 1 N–H and O–H groups in total. The van der Waals surface area contributed by atoms with Gasteiger partial charge in [0.1, 0.15) is 11.6 Å². The van der Waals surface area contributed by atoms with Crippen LogP contribution in [0.3, 0.4) is 0 Å². The van der Waals surface area contributed by atoms with Gasteiger partial charge in [0.2, 0.25) is 5.16 Å². The lowest BCUT2D eigenvalue weighted by atomic mass is 10.1. The van der Waals surface area contributed by atoms with Gasteiger partial charge < -0.3 is 4.74 Å². The Morgan fingerprint density at radius 3 is 3.04 bits per heavy atom. The second-order valence-corrected chi connectivity index (χ2v) is 6.39. The zero-order chi connectivity index (χ0) is 16.2. The first-order chi connectivity index (χ1) is 11.2. The van der Waals surface area contributed by atoms with E-state index in [2.05, 4.69) is 15.2 Å². The van der Waals surface area contributed by atoms with Crippen LogP contribution in [0.25, 0.3) is 10.7 Å². The summed E-state index contributed by atoms with van der Waals surface area (Å²) in [5.41, 5.74) is 0.217. The van der Waals surface area contributed by atoms with Crippen molar-refractivity contribution in [3.05, 3.63) is 47.1 Å². The average molecular weight is 349 g/mol. The fourth-order valence-electron chi connectivity index (χ4n) is 1.94. The van der Waals surface area contributed by atoms with E-state index in [4.69, 9.17) is 4.74 Å². The number of thioether (sulfide) groups is 1. The van der Waals surface area contributed by atoms with Crippen molar-refractivity contribution in [1.82, 2.24) is 15.2 Å². The van der Waals surface area contributed by atoms with Crippen LogP contribution in [-0.4, -0.2) is 33.8 Å². The summed E-state index contributed by atoms with van der Waals surface area (Å²) in [4.78, 5) is 17.6. The van der Waals surface area contributed by atoms with Crippen LogP contribution in [0.2, 0.25) is 0 Å². The normalized spacial score (nSPS) is 10.7. The number of ketones is 1. The third-order valence-corrected chi connectivity index (χ3v) is 4.74. The Hall–Kier alpha value is -2.19. The lowest BCUT2D eigenvalue weighted by molar-refractivity contribution is 0.101. The minimum absolute atomic E-state index is 0.0988. The van der Waals surface area contributed by atoms with Gasteiger partial charge in [0, 0.05) is 0 Å². The van der Waals surface area contributed by atoms with Gasteiger partial charge in [0.25, 0.3) is 0 Å². The number of Topliss-reactive ketones (excluding diaryl/α,β-unsaturated/α-hetero) is 1. The number of methoxy groups -OCH3 is 1. The Labute approximate surface area is 139 Å². The topological polar surface area (TPSA) is 67.9 Å². The van der Waals surface area contributed by atoms with Gasteiger partial charge in [-0.3, -0.25) is 9.89 Å². The number of carbonyl (C=O) groups is 1. The zero-order valence-corrected chi connectivity index (χ0v) is 13.7. The smallest absolute Gasteiger partial charge is 0.209 e. The number of H-pyrrole nitrogens is 1. The Kier molecular flexibility index (Phi) is 4.73. The fourth-order valence-corrected chi connectivity index (χ4v) is 3.29. The first kappa shape index (κ1) is 15.7. The van der Waals surface area contributed by atoms with Crippen LogP contribution in [0, 0.1) is 5.82 Å². The van der Waals surface area contributed by atoms with E-state index in [1.807, 2.05) is 17.5 Å². The summed E-state index contributed by atoms with van der Waals surface area (Å²) >= 11 is 2.74. The number of carbonyl (C=O) groups excluding carboxylic acids is 1. The highest BCUT2D eigenvalue weighted by Gasteiger charge is 2.15. The van der Waals surface area contributed by atoms with Crippen LogP contribution >= 0.6 is 23.1 Å². The van der Waals surface area contributed by atoms with Crippen molar-refractivity contribution in [1.29, 1.82) is 0 Å². The van der Waals surface area contributed by atoms with Crippen LogP contribution in [0.15, 0.2) is 40.9 Å². The lowest BCUT2D eigenvalue weighted by Crippen LogP contribution is -2.05. The van der Waals surface area contributed by atoms with Gasteiger partial charge >= 0.3 is 0 Å². The summed E-state index contributed by atoms with van der Waals surface area (Å²) in [6.07, 6.45) is 0. The largest absolute Gasteiger partial charge is 0.496 e. The minimum Gasteiger partial charge on any atom is -0.496 e. The van der Waals surface area contributed by atoms with E-state index >= 15 is 0 Å². The molecule has 0 spiro atoms. The molecule has 118 valence electrons. The molecule has 3 rings (SSSR count). The third-order valence-electron chi connectivity index (χ3n) is 3.01. The molecular formula is C15H12FN3O2S2. The molecule has 0 bridgehead atoms. The Bertz CT molecular complexity index is 818. The highest BCUT2D eigenvalue weighted by Crippen LogP contribution is 2.25. The lowest BCUT2D eigenvalue weighted by Gasteiger charge is -2.06. The van der Waals surface area contributed by atoms with Crippen molar-refractivity contribution in [3.8, 4) is 16.5 Å². The number of benzene rings is 1. The molecule has 0 aliphatic heterocycles. The molecule has 3 aromatic rings. The van der Waals surface area contributed by atoms with Gasteiger partial charge in [-0.15, -0.1) is 16.4 Å². The number of rotatable bonds is 6. The molecule has 1 aromatic carbocycles. The first-order valence-corrected chi connectivity index (χ1v) is 8.49. The number of thiophene rings is 1. The second-order valence-electron chi connectivity index (χ2n) is 4.50. The van der Waals surface area contributed by atoms with Crippen molar-refractivity contribution in [2.45, 2.75) is 5.16 Å². The average Bonchev–Trinajstić information content (AvgIpc) is 3.23. The Balaban J connectivity index is 1.69. The molecule has 0 unspecified atom stereocenters. The molecule has 5 nitrogen and oxygen atoms in total.